The van der Waals surface area contributed by atoms with Crippen LogP contribution in [0.3, 0.4) is 0 Å². The van der Waals surface area contributed by atoms with Crippen molar-refractivity contribution in [3.05, 3.63) is 65.0 Å². The predicted octanol–water partition coefficient (Wildman–Crippen LogP) is 4.57. The van der Waals surface area contributed by atoms with Gasteiger partial charge in [-0.3, -0.25) is 15.6 Å². The molecule has 0 aliphatic carbocycles. The molecule has 0 unspecified atom stereocenters. The van der Waals surface area contributed by atoms with E-state index in [-0.39, 0.29) is 11.7 Å². The van der Waals surface area contributed by atoms with Crippen LogP contribution in [-0.4, -0.2) is 21.8 Å². The molecule has 1 amide bonds. The normalized spacial score (nSPS) is 10.3. The third-order valence-electron chi connectivity index (χ3n) is 3.30. The number of benzene rings is 2. The van der Waals surface area contributed by atoms with Crippen molar-refractivity contribution < 1.29 is 4.79 Å². The number of thioether (sulfide) groups is 1. The highest BCUT2D eigenvalue weighted by Crippen LogP contribution is 2.28. The van der Waals surface area contributed by atoms with Gasteiger partial charge in [-0.25, -0.2) is 4.98 Å². The van der Waals surface area contributed by atoms with Crippen LogP contribution in [0.2, 0.25) is 5.02 Å². The number of anilines is 1. The Morgan fingerprint density at radius 2 is 1.85 bits per heavy atom. The predicted molar refractivity (Wildman–Crippen MR) is 117 cm³/mol. The van der Waals surface area contributed by atoms with Crippen molar-refractivity contribution in [2.45, 2.75) is 4.34 Å². The molecule has 3 aromatic rings. The zero-order valence-corrected chi connectivity index (χ0v) is 17.1. The van der Waals surface area contributed by atoms with Crippen LogP contribution in [0.4, 0.5) is 5.69 Å². The van der Waals surface area contributed by atoms with E-state index >= 15 is 0 Å². The second-order valence-electron chi connectivity index (χ2n) is 5.29. The summed E-state index contributed by atoms with van der Waals surface area (Å²) >= 11 is 13.9. The van der Waals surface area contributed by atoms with Crippen LogP contribution in [-0.2, 0) is 4.79 Å². The Labute approximate surface area is 175 Å². The van der Waals surface area contributed by atoms with E-state index in [1.54, 1.807) is 0 Å². The Morgan fingerprint density at radius 3 is 2.59 bits per heavy atom. The van der Waals surface area contributed by atoms with Crippen LogP contribution in [0.5, 0.6) is 0 Å². The summed E-state index contributed by atoms with van der Waals surface area (Å²) < 4.78 is 0.820. The lowest BCUT2D eigenvalue weighted by Crippen LogP contribution is -2.44. The van der Waals surface area contributed by atoms with E-state index < -0.39 is 0 Å². The molecule has 1 aromatic heterocycles. The van der Waals surface area contributed by atoms with E-state index in [0.29, 0.717) is 10.1 Å². The summed E-state index contributed by atoms with van der Waals surface area (Å²) in [7, 11) is 0. The number of aromatic nitrogens is 1. The standard InChI is InChI=1S/C18H15ClN4OS3/c19-13-8-6-12(7-9-13)15-10-26-18(21-15)27-11-16(24)22-23-17(25)20-14-4-2-1-3-5-14/h1-10H,11H2,(H,22,24)(H2,20,23,25). The minimum atomic E-state index is -0.194. The van der Waals surface area contributed by atoms with Gasteiger partial charge < -0.3 is 5.32 Å². The largest absolute Gasteiger partial charge is 0.331 e. The SMILES string of the molecule is O=C(CSc1nc(-c2ccc(Cl)cc2)cs1)NNC(=S)Nc1ccccc1. The van der Waals surface area contributed by atoms with Crippen LogP contribution in [0.25, 0.3) is 11.3 Å². The molecule has 5 nitrogen and oxygen atoms in total. The molecule has 0 saturated carbocycles. The number of thiazole rings is 1. The number of amides is 1. The summed E-state index contributed by atoms with van der Waals surface area (Å²) in [5.41, 5.74) is 7.95. The third-order valence-corrected chi connectivity index (χ3v) is 5.77. The van der Waals surface area contributed by atoms with Crippen LogP contribution in [0, 0.1) is 0 Å². The minimum Gasteiger partial charge on any atom is -0.331 e. The molecule has 0 fully saturated rings. The summed E-state index contributed by atoms with van der Waals surface area (Å²) in [6, 6.07) is 17.0. The average Bonchev–Trinajstić information content (AvgIpc) is 3.15. The van der Waals surface area contributed by atoms with Gasteiger partial charge >= 0.3 is 0 Å². The van der Waals surface area contributed by atoms with Crippen molar-refractivity contribution in [2.24, 2.45) is 0 Å². The number of nitrogens with one attached hydrogen (secondary N) is 3. The number of halogens is 1. The lowest BCUT2D eigenvalue weighted by atomic mass is 10.2. The van der Waals surface area contributed by atoms with Gasteiger partial charge in [-0.1, -0.05) is 53.7 Å². The summed E-state index contributed by atoms with van der Waals surface area (Å²) in [6.45, 7) is 0. The second-order valence-corrected chi connectivity index (χ2v) is 8.21. The summed E-state index contributed by atoms with van der Waals surface area (Å²) in [5.74, 6) is 0.0367. The molecule has 1 heterocycles. The summed E-state index contributed by atoms with van der Waals surface area (Å²) in [5, 5.41) is 5.94. The van der Waals surface area contributed by atoms with Gasteiger partial charge in [0.15, 0.2) is 9.45 Å². The fourth-order valence-corrected chi connectivity index (χ4v) is 3.98. The topological polar surface area (TPSA) is 66.0 Å². The van der Waals surface area contributed by atoms with Crippen molar-refractivity contribution >= 4 is 63.6 Å². The Hall–Kier alpha value is -2.13. The monoisotopic (exact) mass is 434 g/mol. The van der Waals surface area contributed by atoms with Crippen molar-refractivity contribution in [1.82, 2.24) is 15.8 Å². The van der Waals surface area contributed by atoms with Crippen molar-refractivity contribution in [2.75, 3.05) is 11.1 Å². The molecule has 3 rings (SSSR count). The molecule has 0 atom stereocenters. The molecule has 2 aromatic carbocycles. The van der Waals surface area contributed by atoms with Crippen molar-refractivity contribution in [3.63, 3.8) is 0 Å². The fraction of sp³-hybridized carbons (Fsp3) is 0.0556. The van der Waals surface area contributed by atoms with E-state index in [0.717, 1.165) is 21.3 Å². The summed E-state index contributed by atoms with van der Waals surface area (Å²) in [4.78, 5) is 16.5. The van der Waals surface area contributed by atoms with Crippen LogP contribution in [0.1, 0.15) is 0 Å². The Bertz CT molecular complexity index is 916. The molecular formula is C18H15ClN4OS3. The summed E-state index contributed by atoms with van der Waals surface area (Å²) in [6.07, 6.45) is 0. The van der Waals surface area contributed by atoms with Gasteiger partial charge in [-0.2, -0.15) is 0 Å². The van der Waals surface area contributed by atoms with Gasteiger partial charge in [0.1, 0.15) is 0 Å². The van der Waals surface area contributed by atoms with Gasteiger partial charge in [0.05, 0.1) is 11.4 Å². The van der Waals surface area contributed by atoms with Crippen molar-refractivity contribution in [3.8, 4) is 11.3 Å². The van der Waals surface area contributed by atoms with E-state index in [1.807, 2.05) is 60.0 Å². The first-order chi connectivity index (χ1) is 13.1. The first kappa shape index (κ1) is 19.6. The van der Waals surface area contributed by atoms with Gasteiger partial charge in [0.2, 0.25) is 5.91 Å². The minimum absolute atomic E-state index is 0.194. The number of hydrogen-bond acceptors (Lipinski definition) is 5. The van der Waals surface area contributed by atoms with Crippen LogP contribution >= 0.6 is 46.9 Å². The molecule has 0 aliphatic heterocycles. The molecule has 3 N–H and O–H groups in total. The third kappa shape index (κ3) is 6.21. The zero-order chi connectivity index (χ0) is 19.1. The average molecular weight is 435 g/mol. The maximum atomic E-state index is 12.0. The Morgan fingerprint density at radius 1 is 1.11 bits per heavy atom. The number of thiocarbonyl (C=S) groups is 1. The quantitative estimate of drug-likeness (QED) is 0.310. The molecule has 0 radical (unpaired) electrons. The van der Waals surface area contributed by atoms with E-state index in [4.69, 9.17) is 23.8 Å². The smallest absolute Gasteiger partial charge is 0.248 e. The van der Waals surface area contributed by atoms with Crippen LogP contribution in [0.15, 0.2) is 64.3 Å². The molecule has 0 spiro atoms. The van der Waals surface area contributed by atoms with Gasteiger partial charge in [0, 0.05) is 21.7 Å². The number of carbonyl (C=O) groups is 1. The molecule has 27 heavy (non-hydrogen) atoms. The number of hydrogen-bond donors (Lipinski definition) is 3. The highest BCUT2D eigenvalue weighted by molar-refractivity contribution is 8.01. The Balaban J connectivity index is 1.43. The lowest BCUT2D eigenvalue weighted by Gasteiger charge is -2.11. The highest BCUT2D eigenvalue weighted by Gasteiger charge is 2.08. The zero-order valence-electron chi connectivity index (χ0n) is 13.9. The lowest BCUT2D eigenvalue weighted by molar-refractivity contribution is -0.119. The molecule has 0 bridgehead atoms. The molecule has 0 saturated heterocycles. The van der Waals surface area contributed by atoms with E-state index in [2.05, 4.69) is 21.2 Å². The molecule has 0 aliphatic rings. The van der Waals surface area contributed by atoms with E-state index in [9.17, 15) is 4.79 Å². The maximum Gasteiger partial charge on any atom is 0.248 e. The number of para-hydroxylation sites is 1. The number of rotatable bonds is 5. The van der Waals surface area contributed by atoms with Gasteiger partial charge in [-0.05, 0) is 36.5 Å². The maximum absolute atomic E-state index is 12.0. The van der Waals surface area contributed by atoms with Gasteiger partial charge in [0.25, 0.3) is 0 Å². The number of hydrazine groups is 1. The number of carbonyl (C=O) groups excluding carboxylic acids is 1. The molecule has 9 heteroatoms. The van der Waals surface area contributed by atoms with Gasteiger partial charge in [-0.15, -0.1) is 11.3 Å². The number of nitrogens with zero attached hydrogens (tertiary/aromatic N) is 1. The highest BCUT2D eigenvalue weighted by atomic mass is 35.5. The Kier molecular flexibility index (Phi) is 7.05. The first-order valence-electron chi connectivity index (χ1n) is 7.85. The first-order valence-corrected chi connectivity index (χ1v) is 10.5. The molecular weight excluding hydrogens is 420 g/mol. The fourth-order valence-electron chi connectivity index (χ4n) is 2.05. The van der Waals surface area contributed by atoms with Crippen molar-refractivity contribution in [1.29, 1.82) is 0 Å². The van der Waals surface area contributed by atoms with E-state index in [1.165, 1.54) is 23.1 Å². The second kappa shape index (κ2) is 9.70. The molecule has 138 valence electrons. The van der Waals surface area contributed by atoms with Crippen LogP contribution < -0.4 is 16.2 Å².